The van der Waals surface area contributed by atoms with Gasteiger partial charge in [-0.1, -0.05) is 18.2 Å². The van der Waals surface area contributed by atoms with Crippen LogP contribution in [-0.2, 0) is 4.79 Å². The van der Waals surface area contributed by atoms with Crippen LogP contribution in [-0.4, -0.2) is 44.0 Å². The Morgan fingerprint density at radius 2 is 1.88 bits per heavy atom. The Labute approximate surface area is 151 Å². The largest absolute Gasteiger partial charge is 0.366 e. The number of amides is 2. The van der Waals surface area contributed by atoms with Gasteiger partial charge in [0.25, 0.3) is 11.8 Å². The number of thiophene rings is 1. The molecule has 2 heterocycles. The molecule has 3 rings (SSSR count). The van der Waals surface area contributed by atoms with Crippen molar-refractivity contribution in [3.05, 3.63) is 47.3 Å². The third kappa shape index (κ3) is 4.00. The zero-order chi connectivity index (χ0) is 17.8. The summed E-state index contributed by atoms with van der Waals surface area (Å²) in [5.74, 6) is -0.596. The lowest BCUT2D eigenvalue weighted by Crippen LogP contribution is -3.19. The molecule has 25 heavy (non-hydrogen) atoms. The summed E-state index contributed by atoms with van der Waals surface area (Å²) in [4.78, 5) is 27.5. The van der Waals surface area contributed by atoms with E-state index in [1.165, 1.54) is 21.9 Å². The topological polar surface area (TPSA) is 79.9 Å². The third-order valence-electron chi connectivity index (χ3n) is 4.70. The van der Waals surface area contributed by atoms with Crippen molar-refractivity contribution in [2.75, 3.05) is 36.4 Å². The normalized spacial score (nSPS) is 16.4. The number of rotatable bonds is 5. The van der Waals surface area contributed by atoms with Gasteiger partial charge in [0.2, 0.25) is 0 Å². The number of nitrogens with two attached hydrogens (primary N) is 1. The Bertz CT molecular complexity index is 739. The zero-order valence-electron chi connectivity index (χ0n) is 14.2. The van der Waals surface area contributed by atoms with Crippen LogP contribution in [0, 0.1) is 0 Å². The van der Waals surface area contributed by atoms with E-state index >= 15 is 0 Å². The predicted molar refractivity (Wildman–Crippen MR) is 100 cm³/mol. The number of piperazine rings is 1. The van der Waals surface area contributed by atoms with E-state index in [2.05, 4.69) is 22.3 Å². The minimum Gasteiger partial charge on any atom is -0.366 e. The molecule has 0 aliphatic carbocycles. The summed E-state index contributed by atoms with van der Waals surface area (Å²) in [5, 5.41) is 5.15. The van der Waals surface area contributed by atoms with E-state index in [0.29, 0.717) is 10.6 Å². The fourth-order valence-corrected chi connectivity index (χ4v) is 3.92. The fraction of sp³-hybridized carbons (Fsp3) is 0.333. The maximum absolute atomic E-state index is 12.5. The molecule has 1 aromatic carbocycles. The van der Waals surface area contributed by atoms with Gasteiger partial charge in [-0.2, -0.15) is 0 Å². The minimum atomic E-state index is -0.520. The number of nitrogens with zero attached hydrogens (tertiary/aromatic N) is 1. The van der Waals surface area contributed by atoms with Crippen LogP contribution in [0.2, 0.25) is 0 Å². The smallest absolute Gasteiger partial charge is 0.282 e. The van der Waals surface area contributed by atoms with Crippen molar-refractivity contribution in [2.24, 2.45) is 5.73 Å². The molecule has 0 spiro atoms. The first-order chi connectivity index (χ1) is 12.1. The molecule has 1 atom stereocenters. The maximum atomic E-state index is 12.5. The van der Waals surface area contributed by atoms with Crippen LogP contribution in [0.4, 0.5) is 10.7 Å². The highest BCUT2D eigenvalue weighted by molar-refractivity contribution is 7.14. The van der Waals surface area contributed by atoms with Crippen molar-refractivity contribution in [3.8, 4) is 0 Å². The maximum Gasteiger partial charge on any atom is 0.282 e. The lowest BCUT2D eigenvalue weighted by molar-refractivity contribution is -0.914. The number of carbonyl (C=O) groups excluding carboxylic acids is 2. The first-order valence-electron chi connectivity index (χ1n) is 8.39. The molecule has 0 radical (unpaired) electrons. The quantitative estimate of drug-likeness (QED) is 0.731. The molecule has 7 heteroatoms. The van der Waals surface area contributed by atoms with Crippen LogP contribution in [0.1, 0.15) is 17.3 Å². The Morgan fingerprint density at radius 1 is 1.20 bits per heavy atom. The minimum absolute atomic E-state index is 0.0758. The first kappa shape index (κ1) is 17.4. The van der Waals surface area contributed by atoms with Crippen molar-refractivity contribution in [1.82, 2.24) is 0 Å². The second kappa shape index (κ2) is 7.67. The average Bonchev–Trinajstić information content (AvgIpc) is 3.10. The standard InChI is InChI=1S/C18H22N4O2S/c1-13(17(24)20-18-15(16(19)23)7-12-25-18)21-8-10-22(11-9-21)14-5-3-2-4-6-14/h2-7,12-13H,8-11H2,1H3,(H2,19,23)(H,20,24)/p+1/t13-/m0/s1. The Hall–Kier alpha value is -2.38. The Balaban J connectivity index is 1.57. The SMILES string of the molecule is C[C@@H](C(=O)Nc1sccc1C(N)=O)[NH+]1CCN(c2ccccc2)CC1. The molecule has 132 valence electrons. The molecular weight excluding hydrogens is 336 g/mol. The van der Waals surface area contributed by atoms with Crippen molar-refractivity contribution >= 4 is 33.8 Å². The molecule has 0 bridgehead atoms. The Kier molecular flexibility index (Phi) is 5.35. The summed E-state index contributed by atoms with van der Waals surface area (Å²) in [7, 11) is 0. The van der Waals surface area contributed by atoms with E-state index in [9.17, 15) is 9.59 Å². The van der Waals surface area contributed by atoms with Gasteiger partial charge in [0.05, 0.1) is 31.7 Å². The number of carbonyl (C=O) groups is 2. The molecular formula is C18H23N4O2S+. The highest BCUT2D eigenvalue weighted by Gasteiger charge is 2.30. The monoisotopic (exact) mass is 359 g/mol. The number of para-hydroxylation sites is 1. The predicted octanol–water partition coefficient (Wildman–Crippen LogP) is 0.579. The van der Waals surface area contributed by atoms with E-state index in [4.69, 9.17) is 5.73 Å². The van der Waals surface area contributed by atoms with E-state index in [1.807, 2.05) is 25.1 Å². The summed E-state index contributed by atoms with van der Waals surface area (Å²) in [5.41, 5.74) is 6.93. The molecule has 2 amide bonds. The number of hydrogen-bond acceptors (Lipinski definition) is 4. The second-order valence-electron chi connectivity index (χ2n) is 6.22. The molecule has 1 fully saturated rings. The molecule has 1 aliphatic rings. The van der Waals surface area contributed by atoms with Crippen LogP contribution in [0.25, 0.3) is 0 Å². The number of nitrogens with one attached hydrogen (secondary N) is 2. The van der Waals surface area contributed by atoms with Gasteiger partial charge in [-0.15, -0.1) is 11.3 Å². The van der Waals surface area contributed by atoms with Crippen molar-refractivity contribution in [1.29, 1.82) is 0 Å². The van der Waals surface area contributed by atoms with Crippen LogP contribution >= 0.6 is 11.3 Å². The molecule has 1 aliphatic heterocycles. The summed E-state index contributed by atoms with van der Waals surface area (Å²) in [6, 6.07) is 11.8. The van der Waals surface area contributed by atoms with Gasteiger partial charge < -0.3 is 20.9 Å². The van der Waals surface area contributed by atoms with E-state index in [1.54, 1.807) is 11.4 Å². The highest BCUT2D eigenvalue weighted by atomic mass is 32.1. The molecule has 2 aromatic rings. The number of hydrogen-bond donors (Lipinski definition) is 3. The van der Waals surface area contributed by atoms with Crippen molar-refractivity contribution in [2.45, 2.75) is 13.0 Å². The van der Waals surface area contributed by atoms with Gasteiger partial charge in [-0.25, -0.2) is 0 Å². The van der Waals surface area contributed by atoms with E-state index < -0.39 is 5.91 Å². The number of anilines is 2. The van der Waals surface area contributed by atoms with Crippen molar-refractivity contribution in [3.63, 3.8) is 0 Å². The van der Waals surface area contributed by atoms with E-state index in [0.717, 1.165) is 26.2 Å². The van der Waals surface area contributed by atoms with Gasteiger partial charge >= 0.3 is 0 Å². The number of quaternary nitrogens is 1. The number of benzene rings is 1. The Morgan fingerprint density at radius 3 is 2.52 bits per heavy atom. The second-order valence-corrected chi connectivity index (χ2v) is 7.14. The van der Waals surface area contributed by atoms with Gasteiger partial charge in [0.1, 0.15) is 5.00 Å². The van der Waals surface area contributed by atoms with Gasteiger partial charge in [0, 0.05) is 5.69 Å². The highest BCUT2D eigenvalue weighted by Crippen LogP contribution is 2.22. The van der Waals surface area contributed by atoms with Crippen LogP contribution < -0.4 is 20.9 Å². The third-order valence-corrected chi connectivity index (χ3v) is 5.53. The molecule has 0 saturated carbocycles. The summed E-state index contributed by atoms with van der Waals surface area (Å²) >= 11 is 1.32. The molecule has 0 unspecified atom stereocenters. The lowest BCUT2D eigenvalue weighted by Gasteiger charge is -2.36. The van der Waals surface area contributed by atoms with E-state index in [-0.39, 0.29) is 11.9 Å². The summed E-state index contributed by atoms with van der Waals surface area (Å²) in [6.45, 7) is 5.57. The molecule has 6 nitrogen and oxygen atoms in total. The fourth-order valence-electron chi connectivity index (χ4n) is 3.13. The van der Waals surface area contributed by atoms with Gasteiger partial charge in [-0.05, 0) is 30.5 Å². The lowest BCUT2D eigenvalue weighted by atomic mass is 10.2. The number of primary amides is 1. The summed E-state index contributed by atoms with van der Waals surface area (Å²) < 4.78 is 0. The average molecular weight is 359 g/mol. The summed E-state index contributed by atoms with van der Waals surface area (Å²) in [6.07, 6.45) is 0. The van der Waals surface area contributed by atoms with Gasteiger partial charge in [-0.3, -0.25) is 9.59 Å². The first-order valence-corrected chi connectivity index (χ1v) is 9.27. The van der Waals surface area contributed by atoms with Crippen molar-refractivity contribution < 1.29 is 14.5 Å². The molecule has 4 N–H and O–H groups in total. The van der Waals surface area contributed by atoms with Gasteiger partial charge in [0.15, 0.2) is 6.04 Å². The molecule has 1 aromatic heterocycles. The van der Waals surface area contributed by atoms with Crippen LogP contribution in [0.15, 0.2) is 41.8 Å². The zero-order valence-corrected chi connectivity index (χ0v) is 15.0. The molecule has 1 saturated heterocycles. The van der Waals surface area contributed by atoms with Crippen LogP contribution in [0.3, 0.4) is 0 Å². The van der Waals surface area contributed by atoms with Crippen LogP contribution in [0.5, 0.6) is 0 Å².